The van der Waals surface area contributed by atoms with E-state index in [1.165, 1.54) is 9.75 Å². The van der Waals surface area contributed by atoms with Gasteiger partial charge in [0.15, 0.2) is 0 Å². The van der Waals surface area contributed by atoms with Gasteiger partial charge in [-0.1, -0.05) is 20.8 Å². The lowest BCUT2D eigenvalue weighted by atomic mass is 9.95. The number of furan rings is 1. The van der Waals surface area contributed by atoms with Gasteiger partial charge in [-0.25, -0.2) is 0 Å². The first kappa shape index (κ1) is 13.4. The summed E-state index contributed by atoms with van der Waals surface area (Å²) in [5, 5.41) is 3.48. The molecule has 1 unspecified atom stereocenters. The minimum atomic E-state index is 0.246. The first-order valence-electron chi connectivity index (χ1n) is 6.33. The monoisotopic (exact) mass is 263 g/mol. The average molecular weight is 263 g/mol. The van der Waals surface area contributed by atoms with Crippen molar-refractivity contribution in [3.63, 3.8) is 0 Å². The van der Waals surface area contributed by atoms with Gasteiger partial charge >= 0.3 is 0 Å². The summed E-state index contributed by atoms with van der Waals surface area (Å²) < 4.78 is 5.38. The molecule has 18 heavy (non-hydrogen) atoms. The Bertz CT molecular complexity index is 479. The third-order valence-corrected chi connectivity index (χ3v) is 4.46. The molecule has 0 bridgehead atoms. The van der Waals surface area contributed by atoms with Crippen LogP contribution in [0.2, 0.25) is 0 Å². The summed E-state index contributed by atoms with van der Waals surface area (Å²) in [5.74, 6) is 0.989. The number of nitrogens with one attached hydrogen (secondary N) is 1. The van der Waals surface area contributed by atoms with Crippen molar-refractivity contribution in [2.45, 2.75) is 45.7 Å². The van der Waals surface area contributed by atoms with E-state index in [4.69, 9.17) is 4.42 Å². The van der Waals surface area contributed by atoms with Crippen LogP contribution in [0.1, 0.15) is 49.3 Å². The van der Waals surface area contributed by atoms with E-state index in [1.807, 2.05) is 23.5 Å². The molecule has 2 nitrogen and oxygen atoms in total. The Balaban J connectivity index is 1.93. The van der Waals surface area contributed by atoms with Crippen molar-refractivity contribution in [3.8, 4) is 0 Å². The normalized spacial score (nSPS) is 13.8. The van der Waals surface area contributed by atoms with E-state index in [-0.39, 0.29) is 11.5 Å². The molecule has 0 aliphatic rings. The summed E-state index contributed by atoms with van der Waals surface area (Å²) in [6.07, 6.45) is 1.72. The fourth-order valence-electron chi connectivity index (χ4n) is 1.77. The zero-order chi connectivity index (χ0) is 13.2. The molecule has 98 valence electrons. The van der Waals surface area contributed by atoms with E-state index >= 15 is 0 Å². The summed E-state index contributed by atoms with van der Waals surface area (Å²) >= 11 is 1.89. The van der Waals surface area contributed by atoms with Gasteiger partial charge in [-0.3, -0.25) is 0 Å². The van der Waals surface area contributed by atoms with Gasteiger partial charge in [-0.05, 0) is 36.6 Å². The quantitative estimate of drug-likeness (QED) is 0.879. The lowest BCUT2D eigenvalue weighted by Crippen LogP contribution is -2.16. The summed E-state index contributed by atoms with van der Waals surface area (Å²) in [4.78, 5) is 2.81. The summed E-state index contributed by atoms with van der Waals surface area (Å²) in [7, 11) is 0. The predicted octanol–water partition coefficient (Wildman–Crippen LogP) is 4.49. The van der Waals surface area contributed by atoms with E-state index in [1.54, 1.807) is 6.26 Å². The van der Waals surface area contributed by atoms with Gasteiger partial charge in [0, 0.05) is 16.3 Å². The Morgan fingerprint density at radius 3 is 2.61 bits per heavy atom. The molecule has 1 N–H and O–H groups in total. The van der Waals surface area contributed by atoms with Crippen LogP contribution >= 0.6 is 11.3 Å². The molecular weight excluding hydrogens is 242 g/mol. The van der Waals surface area contributed by atoms with Crippen LogP contribution in [0.5, 0.6) is 0 Å². The maximum Gasteiger partial charge on any atom is 0.120 e. The number of thiophene rings is 1. The van der Waals surface area contributed by atoms with Crippen LogP contribution in [0.3, 0.4) is 0 Å². The molecular formula is C15H21NOS. The molecule has 0 aromatic carbocycles. The van der Waals surface area contributed by atoms with Crippen molar-refractivity contribution in [3.05, 3.63) is 46.0 Å². The number of rotatable bonds is 4. The summed E-state index contributed by atoms with van der Waals surface area (Å²) in [6, 6.07) is 8.63. The molecule has 0 aliphatic heterocycles. The van der Waals surface area contributed by atoms with Gasteiger partial charge in [-0.15, -0.1) is 11.3 Å². The van der Waals surface area contributed by atoms with E-state index < -0.39 is 0 Å². The molecule has 0 spiro atoms. The zero-order valence-corrected chi connectivity index (χ0v) is 12.3. The van der Waals surface area contributed by atoms with E-state index in [0.717, 1.165) is 12.3 Å². The van der Waals surface area contributed by atoms with Gasteiger partial charge in [0.05, 0.1) is 12.3 Å². The molecule has 2 heterocycles. The molecule has 1 atom stereocenters. The van der Waals surface area contributed by atoms with E-state index in [9.17, 15) is 0 Å². The van der Waals surface area contributed by atoms with Gasteiger partial charge in [0.1, 0.15) is 5.76 Å². The Morgan fingerprint density at radius 2 is 2.06 bits per heavy atom. The van der Waals surface area contributed by atoms with Crippen LogP contribution in [-0.2, 0) is 12.0 Å². The highest BCUT2D eigenvalue weighted by Gasteiger charge is 2.16. The summed E-state index contributed by atoms with van der Waals surface area (Å²) in [6.45, 7) is 9.77. The van der Waals surface area contributed by atoms with Gasteiger partial charge in [-0.2, -0.15) is 0 Å². The average Bonchev–Trinajstić information content (AvgIpc) is 2.96. The minimum absolute atomic E-state index is 0.246. The highest BCUT2D eigenvalue weighted by molar-refractivity contribution is 7.12. The predicted molar refractivity (Wildman–Crippen MR) is 77.0 cm³/mol. The maximum atomic E-state index is 5.38. The zero-order valence-electron chi connectivity index (χ0n) is 11.5. The van der Waals surface area contributed by atoms with Crippen LogP contribution in [-0.4, -0.2) is 0 Å². The SMILES string of the molecule is CC(NCc1ccc(C(C)(C)C)s1)c1ccco1. The fraction of sp³-hybridized carbons (Fsp3) is 0.467. The highest BCUT2D eigenvalue weighted by Crippen LogP contribution is 2.29. The third-order valence-electron chi connectivity index (χ3n) is 2.95. The Hall–Kier alpha value is -1.06. The van der Waals surface area contributed by atoms with Crippen LogP contribution in [0.25, 0.3) is 0 Å². The van der Waals surface area contributed by atoms with Crippen molar-refractivity contribution < 1.29 is 4.42 Å². The van der Waals surface area contributed by atoms with Crippen molar-refractivity contribution in [1.29, 1.82) is 0 Å². The van der Waals surface area contributed by atoms with Crippen LogP contribution < -0.4 is 5.32 Å². The van der Waals surface area contributed by atoms with Crippen LogP contribution in [0.4, 0.5) is 0 Å². The molecule has 0 saturated carbocycles. The molecule has 0 fully saturated rings. The van der Waals surface area contributed by atoms with Gasteiger partial charge in [0.25, 0.3) is 0 Å². The number of hydrogen-bond acceptors (Lipinski definition) is 3. The lowest BCUT2D eigenvalue weighted by Gasteiger charge is -2.15. The molecule has 0 aliphatic carbocycles. The van der Waals surface area contributed by atoms with Crippen LogP contribution in [0.15, 0.2) is 34.9 Å². The maximum absolute atomic E-state index is 5.38. The smallest absolute Gasteiger partial charge is 0.120 e. The number of hydrogen-bond donors (Lipinski definition) is 1. The largest absolute Gasteiger partial charge is 0.468 e. The Kier molecular flexibility index (Phi) is 3.93. The first-order chi connectivity index (χ1) is 8.47. The van der Waals surface area contributed by atoms with Crippen molar-refractivity contribution in [2.75, 3.05) is 0 Å². The fourth-order valence-corrected chi connectivity index (χ4v) is 2.78. The molecule has 2 rings (SSSR count). The molecule has 2 aromatic rings. The second-order valence-corrected chi connectivity index (χ2v) is 6.80. The summed E-state index contributed by atoms with van der Waals surface area (Å²) in [5.41, 5.74) is 0.246. The minimum Gasteiger partial charge on any atom is -0.468 e. The second-order valence-electron chi connectivity index (χ2n) is 5.63. The van der Waals surface area contributed by atoms with Crippen LogP contribution in [0, 0.1) is 0 Å². The molecule has 0 amide bonds. The third kappa shape index (κ3) is 3.24. The Morgan fingerprint density at radius 1 is 1.28 bits per heavy atom. The second kappa shape index (κ2) is 5.29. The van der Waals surface area contributed by atoms with E-state index in [0.29, 0.717) is 0 Å². The molecule has 0 saturated heterocycles. The van der Waals surface area contributed by atoms with Crippen molar-refractivity contribution in [1.82, 2.24) is 5.32 Å². The van der Waals surface area contributed by atoms with E-state index in [2.05, 4.69) is 45.1 Å². The van der Waals surface area contributed by atoms with Gasteiger partial charge in [0.2, 0.25) is 0 Å². The van der Waals surface area contributed by atoms with Gasteiger partial charge < -0.3 is 9.73 Å². The molecule has 3 heteroatoms. The first-order valence-corrected chi connectivity index (χ1v) is 7.14. The lowest BCUT2D eigenvalue weighted by molar-refractivity contribution is 0.431. The topological polar surface area (TPSA) is 25.2 Å². The van der Waals surface area contributed by atoms with Crippen molar-refractivity contribution in [2.24, 2.45) is 0 Å². The molecule has 0 radical (unpaired) electrons. The Labute approximate surface area is 113 Å². The standard InChI is InChI=1S/C15H21NOS/c1-11(13-6-5-9-17-13)16-10-12-7-8-14(18-12)15(2,3)4/h5-9,11,16H,10H2,1-4H3. The molecule has 2 aromatic heterocycles. The van der Waals surface area contributed by atoms with Crippen molar-refractivity contribution >= 4 is 11.3 Å². The highest BCUT2D eigenvalue weighted by atomic mass is 32.1.